The smallest absolute Gasteiger partial charge is 0.341 e. The first-order valence-electron chi connectivity index (χ1n) is 5.99. The summed E-state index contributed by atoms with van der Waals surface area (Å²) in [5, 5.41) is 9.95. The molecule has 0 unspecified atom stereocenters. The van der Waals surface area contributed by atoms with Crippen LogP contribution < -0.4 is 4.90 Å². The number of anilines is 2. The van der Waals surface area contributed by atoms with E-state index in [-0.39, 0.29) is 5.56 Å². The number of para-hydroxylation sites is 1. The molecule has 0 spiro atoms. The normalized spacial score (nSPS) is 10.3. The number of hydrogen-bond donors (Lipinski definition) is 1. The first-order valence-corrected chi connectivity index (χ1v) is 7.21. The molecular formula is C14H15N3O2S. The van der Waals surface area contributed by atoms with E-state index in [9.17, 15) is 9.90 Å². The third-order valence-corrected chi connectivity index (χ3v) is 3.46. The lowest BCUT2D eigenvalue weighted by Crippen LogP contribution is -2.18. The summed E-state index contributed by atoms with van der Waals surface area (Å²) in [5.41, 5.74) is 1.48. The first kappa shape index (κ1) is 14.3. The van der Waals surface area contributed by atoms with Gasteiger partial charge in [0.15, 0.2) is 11.0 Å². The summed E-state index contributed by atoms with van der Waals surface area (Å²) >= 11 is 1.39. The van der Waals surface area contributed by atoms with Crippen molar-refractivity contribution >= 4 is 29.2 Å². The van der Waals surface area contributed by atoms with E-state index >= 15 is 0 Å². The Morgan fingerprint density at radius 1 is 1.25 bits per heavy atom. The van der Waals surface area contributed by atoms with E-state index in [1.54, 1.807) is 18.9 Å². The fourth-order valence-corrected chi connectivity index (χ4v) is 2.30. The Balaban J connectivity index is 2.59. The van der Waals surface area contributed by atoms with Gasteiger partial charge in [0.25, 0.3) is 0 Å². The lowest BCUT2D eigenvalue weighted by atomic mass is 10.2. The van der Waals surface area contributed by atoms with Gasteiger partial charge in [-0.2, -0.15) is 0 Å². The van der Waals surface area contributed by atoms with Crippen LogP contribution in [0.15, 0.2) is 35.5 Å². The molecule has 1 aromatic heterocycles. The maximum atomic E-state index is 11.5. The Morgan fingerprint density at radius 2 is 1.90 bits per heavy atom. The largest absolute Gasteiger partial charge is 0.477 e. The van der Waals surface area contributed by atoms with Gasteiger partial charge in [0.2, 0.25) is 0 Å². The number of carbonyl (C=O) groups is 1. The highest BCUT2D eigenvalue weighted by atomic mass is 32.2. The monoisotopic (exact) mass is 289 g/mol. The van der Waals surface area contributed by atoms with Crippen molar-refractivity contribution in [2.45, 2.75) is 12.1 Å². The van der Waals surface area contributed by atoms with Crippen molar-refractivity contribution in [3.63, 3.8) is 0 Å². The van der Waals surface area contributed by atoms with Crippen LogP contribution in [0, 0.1) is 6.92 Å². The van der Waals surface area contributed by atoms with Crippen molar-refractivity contribution in [3.8, 4) is 0 Å². The summed E-state index contributed by atoms with van der Waals surface area (Å²) in [6.07, 6.45) is 1.86. The highest BCUT2D eigenvalue weighted by molar-refractivity contribution is 7.98. The van der Waals surface area contributed by atoms with E-state index in [1.165, 1.54) is 11.8 Å². The number of benzene rings is 1. The topological polar surface area (TPSA) is 66.3 Å². The summed E-state index contributed by atoms with van der Waals surface area (Å²) < 4.78 is 0. The summed E-state index contributed by atoms with van der Waals surface area (Å²) in [5.74, 6) is -0.617. The molecule has 0 bridgehead atoms. The van der Waals surface area contributed by atoms with E-state index in [0.29, 0.717) is 16.7 Å². The van der Waals surface area contributed by atoms with Crippen LogP contribution in [0.5, 0.6) is 0 Å². The summed E-state index contributed by atoms with van der Waals surface area (Å²) in [6, 6.07) is 9.52. The van der Waals surface area contributed by atoms with E-state index in [1.807, 2.05) is 36.6 Å². The van der Waals surface area contributed by atoms with Crippen molar-refractivity contribution in [2.24, 2.45) is 0 Å². The molecule has 2 aromatic rings. The van der Waals surface area contributed by atoms with Crippen LogP contribution >= 0.6 is 11.8 Å². The number of rotatable bonds is 4. The Morgan fingerprint density at radius 3 is 2.45 bits per heavy atom. The minimum atomic E-state index is -1.02. The number of hydrogen-bond acceptors (Lipinski definition) is 5. The average molecular weight is 289 g/mol. The zero-order chi connectivity index (χ0) is 14.7. The number of thioether (sulfide) groups is 1. The molecular weight excluding hydrogens is 274 g/mol. The number of aromatic carboxylic acids is 1. The molecule has 0 radical (unpaired) electrons. The molecule has 0 fully saturated rings. The number of nitrogens with zero attached hydrogens (tertiary/aromatic N) is 3. The number of carboxylic acid groups (broad SMARTS) is 1. The molecule has 1 heterocycles. The van der Waals surface area contributed by atoms with E-state index in [0.717, 1.165) is 5.69 Å². The molecule has 20 heavy (non-hydrogen) atoms. The van der Waals surface area contributed by atoms with Crippen molar-refractivity contribution in [1.29, 1.82) is 0 Å². The Hall–Kier alpha value is -2.08. The molecule has 104 valence electrons. The van der Waals surface area contributed by atoms with Crippen LogP contribution in [0.25, 0.3) is 0 Å². The highest BCUT2D eigenvalue weighted by Gasteiger charge is 2.21. The lowest BCUT2D eigenvalue weighted by Gasteiger charge is -2.21. The van der Waals surface area contributed by atoms with E-state index in [2.05, 4.69) is 9.97 Å². The number of aryl methyl sites for hydroxylation is 1. The van der Waals surface area contributed by atoms with Gasteiger partial charge in [-0.3, -0.25) is 0 Å². The van der Waals surface area contributed by atoms with Gasteiger partial charge in [0, 0.05) is 12.7 Å². The summed E-state index contributed by atoms with van der Waals surface area (Å²) in [7, 11) is 1.80. The summed E-state index contributed by atoms with van der Waals surface area (Å²) in [6.45, 7) is 1.69. The highest BCUT2D eigenvalue weighted by Crippen LogP contribution is 2.28. The predicted molar refractivity (Wildman–Crippen MR) is 80.0 cm³/mol. The van der Waals surface area contributed by atoms with Crippen molar-refractivity contribution in [1.82, 2.24) is 9.97 Å². The van der Waals surface area contributed by atoms with Crippen molar-refractivity contribution in [2.75, 3.05) is 18.2 Å². The molecule has 6 heteroatoms. The molecule has 0 aliphatic rings. The molecule has 0 saturated carbocycles. The Kier molecular flexibility index (Phi) is 4.24. The maximum absolute atomic E-state index is 11.5. The predicted octanol–water partition coefficient (Wildman–Crippen LogP) is 2.97. The van der Waals surface area contributed by atoms with Gasteiger partial charge in [-0.15, -0.1) is 0 Å². The van der Waals surface area contributed by atoms with E-state index < -0.39 is 5.97 Å². The molecule has 1 aromatic carbocycles. The van der Waals surface area contributed by atoms with Crippen LogP contribution in [-0.2, 0) is 0 Å². The van der Waals surface area contributed by atoms with Crippen LogP contribution in [0.2, 0.25) is 0 Å². The molecule has 0 amide bonds. The van der Waals surface area contributed by atoms with Crippen molar-refractivity contribution < 1.29 is 9.90 Å². The van der Waals surface area contributed by atoms with Crippen LogP contribution in [-0.4, -0.2) is 34.3 Å². The second-order valence-electron chi connectivity index (χ2n) is 4.19. The maximum Gasteiger partial charge on any atom is 0.341 e. The number of aromatic nitrogens is 2. The molecule has 0 saturated heterocycles. The van der Waals surface area contributed by atoms with Gasteiger partial charge in [-0.25, -0.2) is 14.8 Å². The summed E-state index contributed by atoms with van der Waals surface area (Å²) in [4.78, 5) is 21.8. The molecule has 0 aliphatic carbocycles. The van der Waals surface area contributed by atoms with E-state index in [4.69, 9.17) is 0 Å². The molecule has 1 N–H and O–H groups in total. The lowest BCUT2D eigenvalue weighted by molar-refractivity contribution is 0.0695. The van der Waals surface area contributed by atoms with Crippen molar-refractivity contribution in [3.05, 3.63) is 41.6 Å². The van der Waals surface area contributed by atoms with Gasteiger partial charge in [0.05, 0.1) is 5.69 Å². The number of carboxylic acids is 1. The zero-order valence-electron chi connectivity index (χ0n) is 11.5. The van der Waals surface area contributed by atoms with Crippen LogP contribution in [0.1, 0.15) is 16.1 Å². The second-order valence-corrected chi connectivity index (χ2v) is 4.97. The van der Waals surface area contributed by atoms with Gasteiger partial charge >= 0.3 is 5.97 Å². The SMILES string of the molecule is CSc1nc(C)c(C(=O)O)c(N(C)c2ccccc2)n1. The van der Waals surface area contributed by atoms with Gasteiger partial charge in [0.1, 0.15) is 5.56 Å². The molecule has 5 nitrogen and oxygen atoms in total. The fraction of sp³-hybridized carbons (Fsp3) is 0.214. The Bertz CT molecular complexity index is 632. The average Bonchev–Trinajstić information content (AvgIpc) is 2.46. The van der Waals surface area contributed by atoms with Gasteiger partial charge < -0.3 is 10.0 Å². The van der Waals surface area contributed by atoms with Gasteiger partial charge in [-0.1, -0.05) is 30.0 Å². The molecule has 0 atom stereocenters. The standard InChI is InChI=1S/C14H15N3O2S/c1-9-11(13(18)19)12(16-14(15-9)20-3)17(2)10-7-5-4-6-8-10/h4-8H,1-3H3,(H,18,19). The third-order valence-electron chi connectivity index (χ3n) is 2.91. The Labute approximate surface area is 121 Å². The minimum absolute atomic E-state index is 0.133. The third kappa shape index (κ3) is 2.75. The fourth-order valence-electron chi connectivity index (χ4n) is 1.89. The molecule has 0 aliphatic heterocycles. The van der Waals surface area contributed by atoms with Crippen LogP contribution in [0.3, 0.4) is 0 Å². The first-order chi connectivity index (χ1) is 9.54. The van der Waals surface area contributed by atoms with Gasteiger partial charge in [-0.05, 0) is 25.3 Å². The second kappa shape index (κ2) is 5.92. The quantitative estimate of drug-likeness (QED) is 0.689. The zero-order valence-corrected chi connectivity index (χ0v) is 12.3. The minimum Gasteiger partial charge on any atom is -0.477 e. The van der Waals surface area contributed by atoms with Crippen LogP contribution in [0.4, 0.5) is 11.5 Å². The molecule has 2 rings (SSSR count).